The minimum Gasteiger partial charge on any atom is -0.333 e. The lowest BCUT2D eigenvalue weighted by molar-refractivity contribution is -0.156. The molecule has 2 N–H and O–H groups in total. The molecule has 9 heteroatoms. The Balaban J connectivity index is 0.00000243. The molecule has 26 heavy (non-hydrogen) atoms. The van der Waals surface area contributed by atoms with Gasteiger partial charge in [0.1, 0.15) is 12.4 Å². The van der Waals surface area contributed by atoms with Crippen LogP contribution in [0.25, 0.3) is 0 Å². The average Bonchev–Trinajstić information content (AvgIpc) is 2.62. The Hall–Kier alpha value is -2.19. The third kappa shape index (κ3) is 3.96. The minimum atomic E-state index is -0.694. The second-order valence-corrected chi connectivity index (χ2v) is 6.15. The summed E-state index contributed by atoms with van der Waals surface area (Å²) in [6, 6.07) is 3.32. The molecule has 0 spiro atoms. The molecule has 0 radical (unpaired) electrons. The van der Waals surface area contributed by atoms with Gasteiger partial charge in [0.15, 0.2) is 0 Å². The molecule has 2 aliphatic rings. The number of carbonyl (C=O) groups is 3. The van der Waals surface area contributed by atoms with Gasteiger partial charge in [0.25, 0.3) is 0 Å². The first-order chi connectivity index (χ1) is 12.0. The first kappa shape index (κ1) is 20.1. The number of benzene rings is 1. The molecule has 0 aliphatic carbocycles. The van der Waals surface area contributed by atoms with Crippen LogP contribution in [0.5, 0.6) is 0 Å². The molecule has 0 aromatic heterocycles. The predicted octanol–water partition coefficient (Wildman–Crippen LogP) is 0.522. The van der Waals surface area contributed by atoms with Crippen molar-refractivity contribution in [1.82, 2.24) is 15.1 Å². The lowest BCUT2D eigenvalue weighted by Gasteiger charge is -2.32. The van der Waals surface area contributed by atoms with Crippen LogP contribution in [0.15, 0.2) is 12.1 Å². The number of rotatable bonds is 4. The number of anilines is 1. The summed E-state index contributed by atoms with van der Waals surface area (Å²) >= 11 is 0. The van der Waals surface area contributed by atoms with Crippen LogP contribution < -0.4 is 10.6 Å². The molecule has 2 aliphatic heterocycles. The molecular formula is C17H22ClFN4O3. The largest absolute Gasteiger partial charge is 0.333 e. The van der Waals surface area contributed by atoms with Gasteiger partial charge in [-0.3, -0.25) is 14.4 Å². The SMILES string of the molecule is CCN1CCN(CC(=O)Nc2ccc3c(c2F)CCNC3)C(=O)C1=O.Cl. The Morgan fingerprint density at radius 2 is 1.92 bits per heavy atom. The van der Waals surface area contributed by atoms with E-state index >= 15 is 0 Å². The van der Waals surface area contributed by atoms with E-state index in [0.717, 1.165) is 5.56 Å². The highest BCUT2D eigenvalue weighted by atomic mass is 35.5. The van der Waals surface area contributed by atoms with Gasteiger partial charge in [0, 0.05) is 26.2 Å². The van der Waals surface area contributed by atoms with Crippen molar-refractivity contribution in [1.29, 1.82) is 0 Å². The number of fused-ring (bicyclic) bond motifs is 1. The first-order valence-corrected chi connectivity index (χ1v) is 8.40. The van der Waals surface area contributed by atoms with Gasteiger partial charge in [-0.1, -0.05) is 6.07 Å². The van der Waals surface area contributed by atoms with E-state index in [1.165, 1.54) is 15.9 Å². The van der Waals surface area contributed by atoms with E-state index < -0.39 is 23.5 Å². The number of nitrogens with one attached hydrogen (secondary N) is 2. The molecule has 7 nitrogen and oxygen atoms in total. The third-order valence-electron chi connectivity index (χ3n) is 4.59. The van der Waals surface area contributed by atoms with Gasteiger partial charge in [0.2, 0.25) is 5.91 Å². The second kappa shape index (κ2) is 8.46. The Morgan fingerprint density at radius 1 is 1.23 bits per heavy atom. The van der Waals surface area contributed by atoms with Crippen molar-refractivity contribution in [3.05, 3.63) is 29.1 Å². The van der Waals surface area contributed by atoms with Crippen LogP contribution in [0.3, 0.4) is 0 Å². The quantitative estimate of drug-likeness (QED) is 0.742. The lowest BCUT2D eigenvalue weighted by Crippen LogP contribution is -2.55. The second-order valence-electron chi connectivity index (χ2n) is 6.15. The van der Waals surface area contributed by atoms with Crippen LogP contribution in [0.4, 0.5) is 10.1 Å². The molecule has 0 bridgehead atoms. The molecule has 1 saturated heterocycles. The average molecular weight is 385 g/mol. The number of carbonyl (C=O) groups excluding carboxylic acids is 3. The Labute approximate surface area is 157 Å². The number of nitrogens with zero attached hydrogens (tertiary/aromatic N) is 2. The minimum absolute atomic E-state index is 0. The molecule has 3 rings (SSSR count). The molecule has 142 valence electrons. The summed E-state index contributed by atoms with van der Waals surface area (Å²) in [4.78, 5) is 38.7. The molecule has 0 unspecified atom stereocenters. The Bertz CT molecular complexity index is 728. The van der Waals surface area contributed by atoms with E-state index in [-0.39, 0.29) is 24.6 Å². The lowest BCUT2D eigenvalue weighted by atomic mass is 9.99. The summed E-state index contributed by atoms with van der Waals surface area (Å²) in [6.07, 6.45) is 0.566. The fourth-order valence-corrected chi connectivity index (χ4v) is 3.16. The molecule has 1 fully saturated rings. The van der Waals surface area contributed by atoms with Gasteiger partial charge in [-0.15, -0.1) is 12.4 Å². The topological polar surface area (TPSA) is 81.8 Å². The first-order valence-electron chi connectivity index (χ1n) is 8.40. The number of likely N-dealkylation sites (N-methyl/N-ethyl adjacent to an activating group) is 1. The highest BCUT2D eigenvalue weighted by Gasteiger charge is 2.32. The Morgan fingerprint density at radius 3 is 2.65 bits per heavy atom. The highest BCUT2D eigenvalue weighted by Crippen LogP contribution is 2.24. The fraction of sp³-hybridized carbons (Fsp3) is 0.471. The molecule has 1 aromatic carbocycles. The number of hydrogen-bond donors (Lipinski definition) is 2. The van der Waals surface area contributed by atoms with Gasteiger partial charge >= 0.3 is 11.8 Å². The fourth-order valence-electron chi connectivity index (χ4n) is 3.16. The van der Waals surface area contributed by atoms with Crippen LogP contribution >= 0.6 is 12.4 Å². The molecular weight excluding hydrogens is 363 g/mol. The number of hydrogen-bond acceptors (Lipinski definition) is 4. The van der Waals surface area contributed by atoms with Crippen molar-refractivity contribution in [3.63, 3.8) is 0 Å². The maximum absolute atomic E-state index is 14.5. The van der Waals surface area contributed by atoms with Crippen molar-refractivity contribution < 1.29 is 18.8 Å². The van der Waals surface area contributed by atoms with Crippen molar-refractivity contribution in [2.24, 2.45) is 0 Å². The normalized spacial score (nSPS) is 16.8. The summed E-state index contributed by atoms with van der Waals surface area (Å²) in [5.41, 5.74) is 1.61. The smallest absolute Gasteiger partial charge is 0.312 e. The maximum Gasteiger partial charge on any atom is 0.312 e. The number of amides is 3. The molecule has 2 heterocycles. The third-order valence-corrected chi connectivity index (χ3v) is 4.59. The van der Waals surface area contributed by atoms with E-state index in [0.29, 0.717) is 44.7 Å². The van der Waals surface area contributed by atoms with Gasteiger partial charge in [-0.05, 0) is 37.1 Å². The zero-order valence-electron chi connectivity index (χ0n) is 14.5. The predicted molar refractivity (Wildman–Crippen MR) is 96.5 cm³/mol. The number of piperazine rings is 1. The van der Waals surface area contributed by atoms with Crippen LogP contribution in [-0.2, 0) is 27.3 Å². The van der Waals surface area contributed by atoms with Crippen LogP contribution in [0.1, 0.15) is 18.1 Å². The van der Waals surface area contributed by atoms with Crippen LogP contribution in [0, 0.1) is 5.82 Å². The molecule has 0 atom stereocenters. The van der Waals surface area contributed by atoms with Crippen molar-refractivity contribution in [2.75, 3.05) is 38.0 Å². The van der Waals surface area contributed by atoms with Gasteiger partial charge in [0.05, 0.1) is 5.69 Å². The maximum atomic E-state index is 14.5. The summed E-state index contributed by atoms with van der Waals surface area (Å²) in [7, 11) is 0. The van der Waals surface area contributed by atoms with Gasteiger partial charge in [-0.2, -0.15) is 0 Å². The summed E-state index contributed by atoms with van der Waals surface area (Å²) in [5.74, 6) is -2.24. The molecule has 3 amide bonds. The van der Waals surface area contributed by atoms with Crippen LogP contribution in [0.2, 0.25) is 0 Å². The van der Waals surface area contributed by atoms with Crippen molar-refractivity contribution >= 4 is 35.8 Å². The zero-order chi connectivity index (χ0) is 18.0. The molecule has 1 aromatic rings. The zero-order valence-corrected chi connectivity index (χ0v) is 15.3. The van der Waals surface area contributed by atoms with E-state index in [1.807, 2.05) is 0 Å². The standard InChI is InChI=1S/C17H21FN4O3.ClH/c1-2-21-7-8-22(17(25)16(21)24)10-14(23)20-13-4-3-11-9-19-6-5-12(11)15(13)18;/h3-4,19H,2,5-10H2,1H3,(H,20,23);1H. The summed E-state index contributed by atoms with van der Waals surface area (Å²) in [6.45, 7) is 3.99. The number of halogens is 2. The van der Waals surface area contributed by atoms with E-state index in [1.54, 1.807) is 13.0 Å². The Kier molecular flexibility index (Phi) is 6.55. The van der Waals surface area contributed by atoms with Crippen LogP contribution in [-0.4, -0.2) is 60.2 Å². The van der Waals surface area contributed by atoms with E-state index in [9.17, 15) is 18.8 Å². The van der Waals surface area contributed by atoms with Gasteiger partial charge < -0.3 is 20.4 Å². The van der Waals surface area contributed by atoms with Crippen molar-refractivity contribution in [2.45, 2.75) is 19.9 Å². The molecule has 0 saturated carbocycles. The van der Waals surface area contributed by atoms with E-state index in [4.69, 9.17) is 0 Å². The summed E-state index contributed by atoms with van der Waals surface area (Å²) < 4.78 is 14.5. The van der Waals surface area contributed by atoms with E-state index in [2.05, 4.69) is 10.6 Å². The monoisotopic (exact) mass is 384 g/mol. The van der Waals surface area contributed by atoms with Gasteiger partial charge in [-0.25, -0.2) is 4.39 Å². The highest BCUT2D eigenvalue weighted by molar-refractivity contribution is 6.35. The van der Waals surface area contributed by atoms with Crippen molar-refractivity contribution in [3.8, 4) is 0 Å². The summed E-state index contributed by atoms with van der Waals surface area (Å²) in [5, 5.41) is 5.68.